The van der Waals surface area contributed by atoms with Crippen LogP contribution < -0.4 is 5.73 Å². The van der Waals surface area contributed by atoms with Crippen molar-refractivity contribution < 1.29 is 10.2 Å². The van der Waals surface area contributed by atoms with E-state index in [2.05, 4.69) is 13.0 Å². The molecule has 0 amide bonds. The topological polar surface area (TPSA) is 66.5 Å². The Labute approximate surface area is 183 Å². The quantitative estimate of drug-likeness (QED) is 0.441. The summed E-state index contributed by atoms with van der Waals surface area (Å²) < 4.78 is 0. The highest BCUT2D eigenvalue weighted by Crippen LogP contribution is 2.62. The van der Waals surface area contributed by atoms with Gasteiger partial charge in [-0.3, -0.25) is 0 Å². The van der Waals surface area contributed by atoms with Gasteiger partial charge >= 0.3 is 0 Å². The molecule has 2 fully saturated rings. The smallest absolute Gasteiger partial charge is 0.115 e. The van der Waals surface area contributed by atoms with E-state index in [-0.39, 0.29) is 11.5 Å². The maximum Gasteiger partial charge on any atom is 0.115 e. The third-order valence-corrected chi connectivity index (χ3v) is 9.11. The number of hydrogen-bond acceptors (Lipinski definition) is 3. The molecule has 0 saturated heterocycles. The van der Waals surface area contributed by atoms with E-state index in [4.69, 9.17) is 5.73 Å². The number of unbranched alkanes of at least 4 members (excludes halogenated alkanes) is 6. The number of aliphatic hydroxyl groups is 1. The highest BCUT2D eigenvalue weighted by atomic mass is 16.3. The Kier molecular flexibility index (Phi) is 7.09. The maximum atomic E-state index is 10.8. The molecule has 2 saturated carbocycles. The second-order valence-corrected chi connectivity index (χ2v) is 10.8. The van der Waals surface area contributed by atoms with Crippen molar-refractivity contribution in [3.63, 3.8) is 0 Å². The first-order valence-corrected chi connectivity index (χ1v) is 12.7. The number of aliphatic hydroxyl groups excluding tert-OH is 1. The first kappa shape index (κ1) is 22.1. The van der Waals surface area contributed by atoms with Crippen LogP contribution in [0.5, 0.6) is 5.75 Å². The van der Waals surface area contributed by atoms with Crippen LogP contribution in [0.4, 0.5) is 0 Å². The van der Waals surface area contributed by atoms with Crippen LogP contribution in [0.15, 0.2) is 18.2 Å². The van der Waals surface area contributed by atoms with Crippen molar-refractivity contribution in [3.8, 4) is 5.75 Å². The van der Waals surface area contributed by atoms with E-state index < -0.39 is 0 Å². The molecule has 5 unspecified atom stereocenters. The molecule has 1 aromatic carbocycles. The van der Waals surface area contributed by atoms with Crippen LogP contribution >= 0.6 is 0 Å². The highest BCUT2D eigenvalue weighted by Gasteiger charge is 2.56. The Morgan fingerprint density at radius 3 is 2.50 bits per heavy atom. The van der Waals surface area contributed by atoms with E-state index in [1.165, 1.54) is 75.3 Å². The lowest BCUT2D eigenvalue weighted by Crippen LogP contribution is -2.47. The Bertz CT molecular complexity index is 704. The summed E-state index contributed by atoms with van der Waals surface area (Å²) in [5.41, 5.74) is 8.61. The predicted octanol–water partition coefficient (Wildman–Crippen LogP) is 5.91. The lowest BCUT2D eigenvalue weighted by molar-refractivity contribution is -0.0396. The fourth-order valence-corrected chi connectivity index (χ4v) is 7.47. The minimum Gasteiger partial charge on any atom is -0.508 e. The molecule has 4 N–H and O–H groups in total. The molecule has 0 bridgehead atoms. The summed E-state index contributed by atoms with van der Waals surface area (Å²) >= 11 is 0. The molecule has 4 rings (SSSR count). The molecule has 3 nitrogen and oxygen atoms in total. The highest BCUT2D eigenvalue weighted by molar-refractivity contribution is 5.40. The Morgan fingerprint density at radius 2 is 1.73 bits per heavy atom. The van der Waals surface area contributed by atoms with Gasteiger partial charge in [0.1, 0.15) is 5.75 Å². The number of rotatable bonds is 9. The second-order valence-electron chi connectivity index (χ2n) is 10.8. The second kappa shape index (κ2) is 9.61. The zero-order chi connectivity index (χ0) is 21.1. The predicted molar refractivity (Wildman–Crippen MR) is 124 cm³/mol. The van der Waals surface area contributed by atoms with Crippen LogP contribution in [0.2, 0.25) is 0 Å². The molecule has 0 heterocycles. The number of nitrogens with two attached hydrogens (primary N) is 1. The summed E-state index contributed by atoms with van der Waals surface area (Å²) in [5.74, 6) is 3.12. The van der Waals surface area contributed by atoms with Crippen molar-refractivity contribution >= 4 is 0 Å². The largest absolute Gasteiger partial charge is 0.508 e. The van der Waals surface area contributed by atoms with Gasteiger partial charge in [-0.25, -0.2) is 0 Å². The number of fused-ring (bicyclic) bond motifs is 5. The summed E-state index contributed by atoms with van der Waals surface area (Å²) in [7, 11) is 0. The van der Waals surface area contributed by atoms with E-state index in [1.54, 1.807) is 0 Å². The van der Waals surface area contributed by atoms with Gasteiger partial charge < -0.3 is 15.9 Å². The first-order chi connectivity index (χ1) is 14.5. The molecule has 0 aliphatic heterocycles. The minimum absolute atomic E-state index is 0.112. The van der Waals surface area contributed by atoms with Crippen molar-refractivity contribution in [1.29, 1.82) is 0 Å². The average molecular weight is 414 g/mol. The van der Waals surface area contributed by atoms with Crippen LogP contribution in [0.3, 0.4) is 0 Å². The lowest BCUT2D eigenvalue weighted by Gasteiger charge is -2.53. The van der Waals surface area contributed by atoms with E-state index in [1.807, 2.05) is 12.1 Å². The maximum absolute atomic E-state index is 10.8. The van der Waals surface area contributed by atoms with Crippen molar-refractivity contribution in [3.05, 3.63) is 29.3 Å². The van der Waals surface area contributed by atoms with Crippen LogP contribution in [-0.4, -0.2) is 22.9 Å². The van der Waals surface area contributed by atoms with E-state index in [0.29, 0.717) is 29.4 Å². The molecule has 30 heavy (non-hydrogen) atoms. The molecule has 168 valence electrons. The van der Waals surface area contributed by atoms with E-state index in [9.17, 15) is 10.2 Å². The van der Waals surface area contributed by atoms with Gasteiger partial charge in [0.15, 0.2) is 0 Å². The molecule has 6 atom stereocenters. The molecule has 0 spiro atoms. The summed E-state index contributed by atoms with van der Waals surface area (Å²) in [5, 5.41) is 20.9. The Balaban J connectivity index is 1.43. The molecular formula is C27H43NO2. The molecule has 3 aliphatic rings. The Morgan fingerprint density at radius 1 is 1.00 bits per heavy atom. The monoisotopic (exact) mass is 413 g/mol. The third-order valence-electron chi connectivity index (χ3n) is 9.11. The standard InChI is InChI=1S/C27H43NO2/c1-27-15-14-23-22-11-10-21(29)18-20(22)17-19(26(23)24(27)12-13-25(27)30)9-7-5-3-2-4-6-8-16-28/h10-11,18-19,23-26,29-30H,2-9,12-17,28H2,1H3/t19-,23?,24?,25?,26?,27?/m1/s1. The van der Waals surface area contributed by atoms with Crippen LogP contribution in [-0.2, 0) is 6.42 Å². The van der Waals surface area contributed by atoms with Gasteiger partial charge in [-0.1, -0.05) is 51.5 Å². The van der Waals surface area contributed by atoms with E-state index >= 15 is 0 Å². The van der Waals surface area contributed by atoms with Crippen molar-refractivity contribution in [2.24, 2.45) is 28.9 Å². The summed E-state index contributed by atoms with van der Waals surface area (Å²) in [6.45, 7) is 3.20. The zero-order valence-corrected chi connectivity index (χ0v) is 19.0. The SMILES string of the molecule is CC12CCC3c4ccc(O)cc4C[C@@H](CCCCCCCCCN)C3C1CCC2O. The fourth-order valence-electron chi connectivity index (χ4n) is 7.47. The molecule has 3 heteroatoms. The number of benzene rings is 1. The minimum atomic E-state index is -0.112. The van der Waals surface area contributed by atoms with Gasteiger partial charge in [0, 0.05) is 0 Å². The van der Waals surface area contributed by atoms with Gasteiger partial charge in [-0.15, -0.1) is 0 Å². The van der Waals surface area contributed by atoms with Gasteiger partial charge in [0.05, 0.1) is 6.10 Å². The lowest BCUT2D eigenvalue weighted by atomic mass is 9.52. The van der Waals surface area contributed by atoms with Crippen molar-refractivity contribution in [2.45, 2.75) is 102 Å². The number of aromatic hydroxyl groups is 1. The van der Waals surface area contributed by atoms with E-state index in [0.717, 1.165) is 25.8 Å². The van der Waals surface area contributed by atoms with Gasteiger partial charge in [-0.05, 0) is 104 Å². The van der Waals surface area contributed by atoms with Gasteiger partial charge in [0.25, 0.3) is 0 Å². The molecular weight excluding hydrogens is 370 g/mol. The average Bonchev–Trinajstić information content (AvgIpc) is 3.04. The molecule has 3 aliphatic carbocycles. The van der Waals surface area contributed by atoms with Crippen LogP contribution in [0, 0.1) is 23.2 Å². The molecule has 0 radical (unpaired) electrons. The van der Waals surface area contributed by atoms with Crippen molar-refractivity contribution in [2.75, 3.05) is 6.54 Å². The number of phenolic OH excluding ortho intramolecular Hbond substituents is 1. The number of phenols is 1. The summed E-state index contributed by atoms with van der Waals surface area (Å²) in [4.78, 5) is 0. The zero-order valence-electron chi connectivity index (χ0n) is 19.0. The summed E-state index contributed by atoms with van der Waals surface area (Å²) in [6.07, 6.45) is 16.0. The first-order valence-electron chi connectivity index (χ1n) is 12.7. The van der Waals surface area contributed by atoms with Crippen LogP contribution in [0.25, 0.3) is 0 Å². The Hall–Kier alpha value is -1.06. The fraction of sp³-hybridized carbons (Fsp3) is 0.778. The van der Waals surface area contributed by atoms with Gasteiger partial charge in [-0.2, -0.15) is 0 Å². The van der Waals surface area contributed by atoms with Crippen molar-refractivity contribution in [1.82, 2.24) is 0 Å². The molecule has 1 aromatic rings. The normalized spacial score (nSPS) is 35.0. The number of hydrogen-bond donors (Lipinski definition) is 3. The summed E-state index contributed by atoms with van der Waals surface area (Å²) in [6, 6.07) is 6.12. The third kappa shape index (κ3) is 4.30. The van der Waals surface area contributed by atoms with Crippen LogP contribution in [0.1, 0.15) is 101 Å². The molecule has 0 aromatic heterocycles. The van der Waals surface area contributed by atoms with Gasteiger partial charge in [0.2, 0.25) is 0 Å².